The zero-order valence-electron chi connectivity index (χ0n) is 22.5. The fraction of sp³-hybridized carbons (Fsp3) is 0.630. The minimum absolute atomic E-state index is 0.0874. The molecule has 8 heteroatoms. The summed E-state index contributed by atoms with van der Waals surface area (Å²) in [6.45, 7) is 17.5. The maximum absolute atomic E-state index is 12.8. The number of aromatic amines is 1. The number of pyridine rings is 1. The van der Waals surface area contributed by atoms with Crippen LogP contribution in [0.1, 0.15) is 70.2 Å². The highest BCUT2D eigenvalue weighted by Gasteiger charge is 2.52. The molecular formula is C27H40N6O2. The molecule has 1 N–H and O–H groups in total. The minimum atomic E-state index is -0.327. The fourth-order valence-corrected chi connectivity index (χ4v) is 5.74. The molecule has 0 spiro atoms. The molecule has 1 aliphatic heterocycles. The second kappa shape index (κ2) is 9.13. The number of hydrogen-bond donors (Lipinski definition) is 1. The summed E-state index contributed by atoms with van der Waals surface area (Å²) < 4.78 is 7.97. The lowest BCUT2D eigenvalue weighted by atomic mass is 9.69. The largest absolute Gasteiger partial charge is 0.375 e. The number of fused-ring (bicyclic) bond motifs is 1. The zero-order valence-corrected chi connectivity index (χ0v) is 22.5. The van der Waals surface area contributed by atoms with E-state index < -0.39 is 0 Å². The molecule has 190 valence electrons. The molecule has 3 aromatic rings. The Balaban J connectivity index is 1.63. The molecule has 1 unspecified atom stereocenters. The van der Waals surface area contributed by atoms with E-state index in [9.17, 15) is 4.79 Å². The Hall–Kier alpha value is -2.58. The Morgan fingerprint density at radius 2 is 1.94 bits per heavy atom. The molecule has 35 heavy (non-hydrogen) atoms. The number of rotatable bonds is 8. The molecule has 0 bridgehead atoms. The minimum Gasteiger partial charge on any atom is -0.375 e. The van der Waals surface area contributed by atoms with Gasteiger partial charge in [0.05, 0.1) is 11.3 Å². The van der Waals surface area contributed by atoms with Crippen LogP contribution in [0.2, 0.25) is 0 Å². The van der Waals surface area contributed by atoms with Gasteiger partial charge in [-0.25, -0.2) is 4.98 Å². The molecule has 0 saturated carbocycles. The summed E-state index contributed by atoms with van der Waals surface area (Å²) in [5.41, 5.74) is 3.54. The number of aromatic nitrogens is 5. The molecule has 1 atom stereocenters. The van der Waals surface area contributed by atoms with Crippen molar-refractivity contribution in [2.75, 3.05) is 19.7 Å². The second-order valence-electron chi connectivity index (χ2n) is 11.1. The van der Waals surface area contributed by atoms with Gasteiger partial charge in [0.2, 0.25) is 0 Å². The number of H-pyrrole nitrogens is 1. The Morgan fingerprint density at radius 1 is 1.20 bits per heavy atom. The summed E-state index contributed by atoms with van der Waals surface area (Å²) in [6.07, 6.45) is 4.56. The van der Waals surface area contributed by atoms with Gasteiger partial charge in [0.15, 0.2) is 5.52 Å². The van der Waals surface area contributed by atoms with Crippen LogP contribution in [-0.2, 0) is 23.7 Å². The summed E-state index contributed by atoms with van der Waals surface area (Å²) in [7, 11) is 1.78. The van der Waals surface area contributed by atoms with Gasteiger partial charge in [-0.15, -0.1) is 0 Å². The van der Waals surface area contributed by atoms with Gasteiger partial charge in [0.25, 0.3) is 5.56 Å². The third-order valence-electron chi connectivity index (χ3n) is 8.30. The van der Waals surface area contributed by atoms with Crippen LogP contribution < -0.4 is 5.56 Å². The summed E-state index contributed by atoms with van der Waals surface area (Å²) in [4.78, 5) is 27.7. The highest BCUT2D eigenvalue weighted by Crippen LogP contribution is 2.49. The Labute approximate surface area is 208 Å². The van der Waals surface area contributed by atoms with Crippen molar-refractivity contribution in [2.24, 2.45) is 12.5 Å². The number of aryl methyl sites for hydroxylation is 4. The third kappa shape index (κ3) is 4.54. The monoisotopic (exact) mass is 480 g/mol. The zero-order chi connectivity index (χ0) is 25.6. The summed E-state index contributed by atoms with van der Waals surface area (Å²) in [6, 6.07) is 4.28. The number of ether oxygens (including phenoxy) is 1. The summed E-state index contributed by atoms with van der Waals surface area (Å²) in [5, 5.41) is 4.38. The third-order valence-corrected chi connectivity index (χ3v) is 8.30. The Kier molecular flexibility index (Phi) is 6.66. The number of nitrogens with zero attached hydrogens (tertiary/aromatic N) is 5. The van der Waals surface area contributed by atoms with E-state index in [1.807, 2.05) is 20.0 Å². The molecule has 4 rings (SSSR count). The first kappa shape index (κ1) is 25.5. The van der Waals surface area contributed by atoms with Crippen LogP contribution >= 0.6 is 0 Å². The van der Waals surface area contributed by atoms with Crippen LogP contribution in [0.15, 0.2) is 23.1 Å². The van der Waals surface area contributed by atoms with Crippen LogP contribution in [-0.4, -0.2) is 54.9 Å². The molecule has 8 nitrogen and oxygen atoms in total. The number of likely N-dealkylation sites (tertiary alicyclic amines) is 1. The SMILES string of the molecule is CCOC(C)(C)C1(CCc2nc3c(C)nn(C)c3c(=O)[nH]2)CCN(C(C)(C)c2ccc(C)nc2)C1. The van der Waals surface area contributed by atoms with Crippen molar-refractivity contribution in [1.82, 2.24) is 29.6 Å². The van der Waals surface area contributed by atoms with Crippen LogP contribution in [0.5, 0.6) is 0 Å². The fourth-order valence-electron chi connectivity index (χ4n) is 5.74. The maximum Gasteiger partial charge on any atom is 0.277 e. The predicted molar refractivity (Wildman–Crippen MR) is 139 cm³/mol. The van der Waals surface area contributed by atoms with E-state index in [2.05, 4.69) is 66.7 Å². The van der Waals surface area contributed by atoms with Crippen LogP contribution in [0.25, 0.3) is 11.0 Å². The first-order valence-electron chi connectivity index (χ1n) is 12.6. The van der Waals surface area contributed by atoms with Gasteiger partial charge >= 0.3 is 0 Å². The van der Waals surface area contributed by atoms with Gasteiger partial charge in [0.1, 0.15) is 11.3 Å². The number of nitrogens with one attached hydrogen (secondary N) is 1. The van der Waals surface area contributed by atoms with E-state index >= 15 is 0 Å². The molecule has 0 aromatic carbocycles. The molecule has 0 amide bonds. The first-order valence-corrected chi connectivity index (χ1v) is 12.6. The molecule has 1 aliphatic rings. The molecular weight excluding hydrogens is 440 g/mol. The molecule has 1 saturated heterocycles. The van der Waals surface area contributed by atoms with E-state index in [0.717, 1.165) is 37.3 Å². The smallest absolute Gasteiger partial charge is 0.277 e. The van der Waals surface area contributed by atoms with Crippen LogP contribution in [0.3, 0.4) is 0 Å². The molecule has 1 fully saturated rings. The summed E-state index contributed by atoms with van der Waals surface area (Å²) >= 11 is 0. The van der Waals surface area contributed by atoms with E-state index in [4.69, 9.17) is 9.72 Å². The average Bonchev–Trinajstić information content (AvgIpc) is 3.36. The van der Waals surface area contributed by atoms with E-state index in [1.165, 1.54) is 5.56 Å². The van der Waals surface area contributed by atoms with Crippen molar-refractivity contribution in [3.8, 4) is 0 Å². The van der Waals surface area contributed by atoms with Gasteiger partial charge < -0.3 is 9.72 Å². The van der Waals surface area contributed by atoms with Crippen molar-refractivity contribution >= 4 is 11.0 Å². The molecule has 0 aliphatic carbocycles. The Morgan fingerprint density at radius 3 is 2.60 bits per heavy atom. The van der Waals surface area contributed by atoms with Crippen molar-refractivity contribution in [3.63, 3.8) is 0 Å². The average molecular weight is 481 g/mol. The van der Waals surface area contributed by atoms with Crippen LogP contribution in [0.4, 0.5) is 0 Å². The lowest BCUT2D eigenvalue weighted by Gasteiger charge is -2.46. The van der Waals surface area contributed by atoms with Gasteiger partial charge in [-0.05, 0) is 79.5 Å². The highest BCUT2D eigenvalue weighted by atomic mass is 16.5. The lowest BCUT2D eigenvalue weighted by Crippen LogP contribution is -2.50. The van der Waals surface area contributed by atoms with Gasteiger partial charge in [-0.1, -0.05) is 6.07 Å². The second-order valence-corrected chi connectivity index (χ2v) is 11.1. The van der Waals surface area contributed by atoms with Crippen molar-refractivity contribution in [1.29, 1.82) is 0 Å². The van der Waals surface area contributed by atoms with Gasteiger partial charge in [0, 0.05) is 49.5 Å². The van der Waals surface area contributed by atoms with E-state index in [1.54, 1.807) is 11.7 Å². The summed E-state index contributed by atoms with van der Waals surface area (Å²) in [5.74, 6) is 0.714. The van der Waals surface area contributed by atoms with Gasteiger partial charge in [-0.3, -0.25) is 19.4 Å². The lowest BCUT2D eigenvalue weighted by molar-refractivity contribution is -0.109. The molecule has 0 radical (unpaired) electrons. The highest BCUT2D eigenvalue weighted by molar-refractivity contribution is 5.76. The van der Waals surface area contributed by atoms with E-state index in [-0.39, 0.29) is 22.1 Å². The van der Waals surface area contributed by atoms with Crippen molar-refractivity contribution < 1.29 is 4.74 Å². The molecule has 4 heterocycles. The van der Waals surface area contributed by atoms with Crippen LogP contribution in [0, 0.1) is 19.3 Å². The normalized spacial score (nSPS) is 19.7. The van der Waals surface area contributed by atoms with Crippen molar-refractivity contribution in [2.45, 2.75) is 78.9 Å². The van der Waals surface area contributed by atoms with E-state index in [0.29, 0.717) is 29.9 Å². The quantitative estimate of drug-likeness (QED) is 0.523. The molecule has 3 aromatic heterocycles. The van der Waals surface area contributed by atoms with Gasteiger partial charge in [-0.2, -0.15) is 5.10 Å². The topological polar surface area (TPSA) is 88.9 Å². The first-order chi connectivity index (χ1) is 16.4. The standard InChI is InChI=1S/C27H40N6O2/c1-9-35-26(6,7)27(13-12-21-29-22-19(3)31-32(8)23(22)24(34)30-21)14-15-33(17-27)25(4,5)20-11-10-18(2)28-16-20/h10-11,16H,9,12-15,17H2,1-8H3,(H,29,30,34). The van der Waals surface area contributed by atoms with Crippen molar-refractivity contribution in [3.05, 3.63) is 51.5 Å². The maximum atomic E-state index is 12.8. The predicted octanol–water partition coefficient (Wildman–Crippen LogP) is 4.04. The number of hydrogen-bond acceptors (Lipinski definition) is 6. The Bertz CT molecular complexity index is 1260.